The topological polar surface area (TPSA) is 3.24 Å². The molecule has 0 bridgehead atoms. The average Bonchev–Trinajstić information content (AvgIpc) is 3.93. The lowest BCUT2D eigenvalue weighted by atomic mass is 9.70. The molecule has 65 heavy (non-hydrogen) atoms. The zero-order valence-electron chi connectivity index (χ0n) is 36.5. The molecule has 1 nitrogen and oxygen atoms in total. The van der Waals surface area contributed by atoms with E-state index in [2.05, 4.69) is 255 Å². The Morgan fingerprint density at radius 2 is 0.662 bits per heavy atom. The molecule has 3 aliphatic carbocycles. The highest BCUT2D eigenvalue weighted by molar-refractivity contribution is 5.96. The monoisotopic (exact) mass is 827 g/mol. The van der Waals surface area contributed by atoms with Gasteiger partial charge in [-0.2, -0.15) is 0 Å². The molecule has 0 amide bonds. The number of benzene rings is 10. The van der Waals surface area contributed by atoms with Crippen LogP contribution in [0.3, 0.4) is 0 Å². The van der Waals surface area contributed by atoms with Gasteiger partial charge in [-0.15, -0.1) is 0 Å². The molecular formula is C64H45N. The molecule has 0 saturated heterocycles. The smallest absolute Gasteiger partial charge is 0.0725 e. The second-order valence-corrected chi connectivity index (χ2v) is 18.4. The van der Waals surface area contributed by atoms with Crippen molar-refractivity contribution in [3.8, 4) is 66.8 Å². The molecule has 3 aliphatic rings. The van der Waals surface area contributed by atoms with Gasteiger partial charge in [-0.05, 0) is 131 Å². The van der Waals surface area contributed by atoms with E-state index in [1.807, 2.05) is 0 Å². The van der Waals surface area contributed by atoms with Crippen molar-refractivity contribution in [1.82, 2.24) is 0 Å². The molecule has 0 unspecified atom stereocenters. The largest absolute Gasteiger partial charge is 0.310 e. The lowest BCUT2D eigenvalue weighted by Crippen LogP contribution is -2.25. The Kier molecular flexibility index (Phi) is 8.24. The number of hydrogen-bond donors (Lipinski definition) is 0. The van der Waals surface area contributed by atoms with E-state index in [0.29, 0.717) is 0 Å². The molecular weight excluding hydrogens is 783 g/mol. The van der Waals surface area contributed by atoms with E-state index in [1.54, 1.807) is 0 Å². The van der Waals surface area contributed by atoms with Crippen LogP contribution in [0.4, 0.5) is 17.1 Å². The van der Waals surface area contributed by atoms with Crippen LogP contribution in [0.25, 0.3) is 66.8 Å². The molecule has 0 heterocycles. The van der Waals surface area contributed by atoms with Gasteiger partial charge < -0.3 is 4.90 Å². The third-order valence-electron chi connectivity index (χ3n) is 14.7. The van der Waals surface area contributed by atoms with Crippen molar-refractivity contribution in [3.63, 3.8) is 0 Å². The summed E-state index contributed by atoms with van der Waals surface area (Å²) in [5, 5.41) is 0. The van der Waals surface area contributed by atoms with E-state index in [9.17, 15) is 0 Å². The van der Waals surface area contributed by atoms with Gasteiger partial charge in [0.05, 0.1) is 11.1 Å². The first-order valence-electron chi connectivity index (χ1n) is 22.8. The van der Waals surface area contributed by atoms with Crippen molar-refractivity contribution in [2.45, 2.75) is 24.7 Å². The molecule has 10 aromatic rings. The van der Waals surface area contributed by atoms with Crippen LogP contribution in [-0.4, -0.2) is 0 Å². The Morgan fingerprint density at radius 3 is 1.26 bits per heavy atom. The van der Waals surface area contributed by atoms with Gasteiger partial charge in [0.25, 0.3) is 0 Å². The summed E-state index contributed by atoms with van der Waals surface area (Å²) >= 11 is 0. The molecule has 1 spiro atoms. The zero-order valence-corrected chi connectivity index (χ0v) is 36.5. The van der Waals surface area contributed by atoms with Gasteiger partial charge >= 0.3 is 0 Å². The average molecular weight is 828 g/mol. The van der Waals surface area contributed by atoms with Crippen molar-refractivity contribution < 1.29 is 0 Å². The molecule has 0 atom stereocenters. The van der Waals surface area contributed by atoms with Crippen LogP contribution in [0, 0.1) is 0 Å². The normalized spacial score (nSPS) is 13.9. The summed E-state index contributed by atoms with van der Waals surface area (Å²) in [6.07, 6.45) is 0. The lowest BCUT2D eigenvalue weighted by Gasteiger charge is -2.30. The first-order chi connectivity index (χ1) is 32.0. The van der Waals surface area contributed by atoms with Gasteiger partial charge in [-0.25, -0.2) is 0 Å². The van der Waals surface area contributed by atoms with E-state index in [-0.39, 0.29) is 10.8 Å². The van der Waals surface area contributed by atoms with Crippen molar-refractivity contribution in [2.75, 3.05) is 4.90 Å². The highest BCUT2D eigenvalue weighted by Crippen LogP contribution is 2.63. The summed E-state index contributed by atoms with van der Waals surface area (Å²) < 4.78 is 0. The maximum Gasteiger partial charge on any atom is 0.0725 e. The number of hydrogen-bond acceptors (Lipinski definition) is 1. The Hall–Kier alpha value is -8.00. The van der Waals surface area contributed by atoms with Crippen LogP contribution in [0.1, 0.15) is 47.2 Å². The maximum absolute atomic E-state index is 2.47. The predicted molar refractivity (Wildman–Crippen MR) is 271 cm³/mol. The highest BCUT2D eigenvalue weighted by atomic mass is 15.1. The molecule has 0 aliphatic heterocycles. The predicted octanol–water partition coefficient (Wildman–Crippen LogP) is 16.8. The maximum atomic E-state index is 2.47. The van der Waals surface area contributed by atoms with Crippen molar-refractivity contribution in [3.05, 3.63) is 270 Å². The molecule has 306 valence electrons. The van der Waals surface area contributed by atoms with Crippen LogP contribution >= 0.6 is 0 Å². The molecule has 0 saturated carbocycles. The van der Waals surface area contributed by atoms with Crippen molar-refractivity contribution in [2.24, 2.45) is 0 Å². The minimum absolute atomic E-state index is 0.109. The summed E-state index contributed by atoms with van der Waals surface area (Å²) in [7, 11) is 0. The standard InChI is InChI=1S/C64H45N/c1-63(2)56-23-11-6-19-50(56)54-39-37-48(41-60(54)63)65(62-27-15-10-18-49(62)45-16-4-3-5-17-45)47-35-32-43(33-36-47)42-28-30-44(31-29-42)46-34-38-55-53-22-9-14-26-59(53)64(61(55)40-46)57-24-12-7-20-51(57)52-21-8-13-25-58(52)64/h3-41H,1-2H3. The summed E-state index contributed by atoms with van der Waals surface area (Å²) in [4.78, 5) is 2.44. The van der Waals surface area contributed by atoms with Gasteiger partial charge in [0, 0.05) is 22.4 Å². The Morgan fingerprint density at radius 1 is 0.262 bits per heavy atom. The van der Waals surface area contributed by atoms with Gasteiger partial charge in [-0.3, -0.25) is 0 Å². The fraction of sp³-hybridized carbons (Fsp3) is 0.0625. The van der Waals surface area contributed by atoms with Gasteiger partial charge in [0.15, 0.2) is 0 Å². The fourth-order valence-electron chi connectivity index (χ4n) is 11.7. The second-order valence-electron chi connectivity index (χ2n) is 18.4. The molecule has 10 aromatic carbocycles. The number of para-hydroxylation sites is 1. The minimum Gasteiger partial charge on any atom is -0.310 e. The van der Waals surface area contributed by atoms with E-state index in [4.69, 9.17) is 0 Å². The van der Waals surface area contributed by atoms with Crippen LogP contribution in [0.15, 0.2) is 237 Å². The van der Waals surface area contributed by atoms with Crippen molar-refractivity contribution in [1.29, 1.82) is 0 Å². The zero-order chi connectivity index (χ0) is 43.3. The third-order valence-corrected chi connectivity index (χ3v) is 14.7. The number of fused-ring (bicyclic) bond motifs is 13. The lowest BCUT2D eigenvalue weighted by molar-refractivity contribution is 0.660. The molecule has 0 N–H and O–H groups in total. The highest BCUT2D eigenvalue weighted by Gasteiger charge is 2.51. The third kappa shape index (κ3) is 5.46. The van der Waals surface area contributed by atoms with E-state index < -0.39 is 0 Å². The summed E-state index contributed by atoms with van der Waals surface area (Å²) in [6.45, 7) is 4.72. The van der Waals surface area contributed by atoms with Crippen LogP contribution in [-0.2, 0) is 10.8 Å². The Balaban J connectivity index is 0.876. The number of nitrogens with zero attached hydrogens (tertiary/aromatic N) is 1. The van der Waals surface area contributed by atoms with E-state index in [1.165, 1.54) is 100 Å². The minimum atomic E-state index is -0.354. The van der Waals surface area contributed by atoms with E-state index in [0.717, 1.165) is 17.1 Å². The fourth-order valence-corrected chi connectivity index (χ4v) is 11.7. The SMILES string of the molecule is CC1(C)c2ccccc2-c2ccc(N(c3ccc(-c4ccc(-c5ccc6c(c5)C5(c7ccccc7-c7ccccc75)c5ccccc5-6)cc4)cc3)c3ccccc3-c3ccccc3)cc21. The second kappa shape index (κ2) is 14.3. The molecule has 0 aromatic heterocycles. The van der Waals surface area contributed by atoms with Gasteiger partial charge in [0.1, 0.15) is 0 Å². The number of anilines is 3. The number of rotatable bonds is 6. The van der Waals surface area contributed by atoms with Crippen molar-refractivity contribution >= 4 is 17.1 Å². The molecule has 0 fully saturated rings. The Bertz CT molecular complexity index is 3440. The van der Waals surface area contributed by atoms with Crippen LogP contribution in [0.2, 0.25) is 0 Å². The summed E-state index contributed by atoms with van der Waals surface area (Å²) in [5.41, 5.74) is 26.3. The van der Waals surface area contributed by atoms with Crippen LogP contribution in [0.5, 0.6) is 0 Å². The quantitative estimate of drug-likeness (QED) is 0.161. The molecule has 1 heteroatoms. The summed E-state index contributed by atoms with van der Waals surface area (Å²) in [5.74, 6) is 0. The van der Waals surface area contributed by atoms with E-state index >= 15 is 0 Å². The molecule has 13 rings (SSSR count). The molecule has 0 radical (unpaired) electrons. The first kappa shape index (κ1) is 37.5. The van der Waals surface area contributed by atoms with Gasteiger partial charge in [-0.1, -0.05) is 214 Å². The summed E-state index contributed by atoms with van der Waals surface area (Å²) in [6, 6.07) is 88.0. The Labute approximate surface area is 381 Å². The first-order valence-corrected chi connectivity index (χ1v) is 22.8. The van der Waals surface area contributed by atoms with Gasteiger partial charge in [0.2, 0.25) is 0 Å². The van der Waals surface area contributed by atoms with Crippen LogP contribution < -0.4 is 4.90 Å².